The number of thiophene rings is 1. The van der Waals surface area contributed by atoms with Gasteiger partial charge in [0.25, 0.3) is 17.4 Å². The summed E-state index contributed by atoms with van der Waals surface area (Å²) in [5, 5.41) is 3.46. The number of anilines is 2. The molecule has 6 rings (SSSR count). The number of nitrogens with zero attached hydrogens (tertiary/aromatic N) is 3. The van der Waals surface area contributed by atoms with E-state index < -0.39 is 0 Å². The number of amides is 2. The largest absolute Gasteiger partial charge is 0.321 e. The van der Waals surface area contributed by atoms with Gasteiger partial charge in [0.1, 0.15) is 10.7 Å². The third-order valence-corrected chi connectivity index (χ3v) is 8.32. The minimum atomic E-state index is -0.275. The maximum Gasteiger partial charge on any atom is 0.266 e. The molecule has 0 unspecified atom stereocenters. The summed E-state index contributed by atoms with van der Waals surface area (Å²) < 4.78 is 1.78. The molecule has 8 heteroatoms. The molecule has 4 heterocycles. The van der Waals surface area contributed by atoms with Gasteiger partial charge in [-0.25, -0.2) is 4.98 Å². The molecule has 0 radical (unpaired) electrons. The van der Waals surface area contributed by atoms with E-state index in [9.17, 15) is 14.4 Å². The second-order valence-electron chi connectivity index (χ2n) is 9.40. The lowest BCUT2D eigenvalue weighted by atomic mass is 10.1. The standard InChI is InChI=1S/C28H26N4O3S/c1-17-23-26(30-22-9-3-2-6-15-32(22)28(23)35)36-24(17)25(33)29-20-12-10-19(11-13-20)27(34)31-16-14-18-7-4-5-8-21(18)31/h4-5,7-8,10-13H,2-3,6,9,14-16H2,1H3,(H,29,33). The highest BCUT2D eigenvalue weighted by Crippen LogP contribution is 2.30. The van der Waals surface area contributed by atoms with E-state index in [1.54, 1.807) is 33.7 Å². The Labute approximate surface area is 212 Å². The zero-order chi connectivity index (χ0) is 24.8. The fourth-order valence-electron chi connectivity index (χ4n) is 5.22. The van der Waals surface area contributed by atoms with Crippen molar-refractivity contribution in [2.75, 3.05) is 16.8 Å². The van der Waals surface area contributed by atoms with Crippen LogP contribution in [0, 0.1) is 6.92 Å². The maximum absolute atomic E-state index is 13.2. The molecule has 2 aromatic carbocycles. The fraction of sp³-hybridized carbons (Fsp3) is 0.286. The first kappa shape index (κ1) is 22.7. The van der Waals surface area contributed by atoms with E-state index in [1.807, 2.05) is 25.1 Å². The van der Waals surface area contributed by atoms with Gasteiger partial charge in [0.05, 0.1) is 10.3 Å². The normalized spacial score (nSPS) is 14.9. The summed E-state index contributed by atoms with van der Waals surface area (Å²) in [5.41, 5.74) is 3.93. The monoisotopic (exact) mass is 498 g/mol. The summed E-state index contributed by atoms with van der Waals surface area (Å²) in [6, 6.07) is 14.9. The van der Waals surface area contributed by atoms with Crippen molar-refractivity contribution < 1.29 is 9.59 Å². The average molecular weight is 499 g/mol. The van der Waals surface area contributed by atoms with Gasteiger partial charge in [0, 0.05) is 36.4 Å². The second-order valence-corrected chi connectivity index (χ2v) is 10.4. The van der Waals surface area contributed by atoms with Crippen LogP contribution in [0.1, 0.15) is 56.2 Å². The van der Waals surface area contributed by atoms with Gasteiger partial charge in [-0.1, -0.05) is 24.6 Å². The van der Waals surface area contributed by atoms with Gasteiger partial charge in [-0.2, -0.15) is 0 Å². The van der Waals surface area contributed by atoms with Crippen LogP contribution in [-0.2, 0) is 19.4 Å². The molecule has 0 fully saturated rings. The molecule has 4 aromatic rings. The van der Waals surface area contributed by atoms with Gasteiger partial charge in [-0.05, 0) is 67.6 Å². The minimum Gasteiger partial charge on any atom is -0.321 e. The van der Waals surface area contributed by atoms with Crippen LogP contribution < -0.4 is 15.8 Å². The van der Waals surface area contributed by atoms with Crippen LogP contribution in [0.15, 0.2) is 53.3 Å². The Morgan fingerprint density at radius 1 is 0.972 bits per heavy atom. The lowest BCUT2D eigenvalue weighted by Crippen LogP contribution is -2.28. The Morgan fingerprint density at radius 2 is 1.78 bits per heavy atom. The van der Waals surface area contributed by atoms with Crippen molar-refractivity contribution in [3.63, 3.8) is 0 Å². The quantitative estimate of drug-likeness (QED) is 0.433. The van der Waals surface area contributed by atoms with Crippen molar-refractivity contribution in [2.24, 2.45) is 0 Å². The first-order valence-corrected chi connectivity index (χ1v) is 13.2. The number of fused-ring (bicyclic) bond motifs is 3. The molecule has 0 saturated carbocycles. The van der Waals surface area contributed by atoms with Gasteiger partial charge in [0.2, 0.25) is 0 Å². The summed E-state index contributed by atoms with van der Waals surface area (Å²) in [5.74, 6) is 0.492. The molecule has 0 spiro atoms. The second kappa shape index (κ2) is 9.02. The highest BCUT2D eigenvalue weighted by Gasteiger charge is 2.26. The summed E-state index contributed by atoms with van der Waals surface area (Å²) in [6.45, 7) is 3.16. The molecule has 1 N–H and O–H groups in total. The topological polar surface area (TPSA) is 84.3 Å². The predicted octanol–water partition coefficient (Wildman–Crippen LogP) is 4.95. The van der Waals surface area contributed by atoms with Crippen LogP contribution in [-0.4, -0.2) is 27.9 Å². The molecule has 7 nitrogen and oxygen atoms in total. The molecule has 2 amide bonds. The van der Waals surface area contributed by atoms with E-state index in [4.69, 9.17) is 4.98 Å². The molecule has 182 valence electrons. The maximum atomic E-state index is 13.2. The van der Waals surface area contributed by atoms with Crippen LogP contribution in [0.3, 0.4) is 0 Å². The van der Waals surface area contributed by atoms with Crippen LogP contribution in [0.25, 0.3) is 10.2 Å². The van der Waals surface area contributed by atoms with Crippen molar-refractivity contribution in [1.29, 1.82) is 0 Å². The fourth-order valence-corrected chi connectivity index (χ4v) is 6.30. The van der Waals surface area contributed by atoms with Crippen LogP contribution >= 0.6 is 11.3 Å². The number of aromatic nitrogens is 2. The Kier molecular flexibility index (Phi) is 5.68. The number of carbonyl (C=O) groups is 2. The highest BCUT2D eigenvalue weighted by molar-refractivity contribution is 7.20. The zero-order valence-electron chi connectivity index (χ0n) is 20.0. The van der Waals surface area contributed by atoms with Gasteiger partial charge < -0.3 is 10.2 Å². The first-order chi connectivity index (χ1) is 17.5. The van der Waals surface area contributed by atoms with E-state index in [0.717, 1.165) is 43.6 Å². The van der Waals surface area contributed by atoms with Gasteiger partial charge in [-0.15, -0.1) is 11.3 Å². The molecular formula is C28H26N4O3S. The smallest absolute Gasteiger partial charge is 0.266 e. The summed E-state index contributed by atoms with van der Waals surface area (Å²) in [4.78, 5) is 47.1. The molecule has 0 bridgehead atoms. The van der Waals surface area contributed by atoms with Crippen LogP contribution in [0.5, 0.6) is 0 Å². The Hall–Kier alpha value is -3.78. The van der Waals surface area contributed by atoms with Crippen molar-refractivity contribution >= 4 is 44.7 Å². The Balaban J connectivity index is 1.23. The van der Waals surface area contributed by atoms with E-state index >= 15 is 0 Å². The van der Waals surface area contributed by atoms with Gasteiger partial charge >= 0.3 is 0 Å². The van der Waals surface area contributed by atoms with Crippen LogP contribution in [0.2, 0.25) is 0 Å². The van der Waals surface area contributed by atoms with Gasteiger partial charge in [-0.3, -0.25) is 19.0 Å². The van der Waals surface area contributed by atoms with Crippen molar-refractivity contribution in [2.45, 2.75) is 45.6 Å². The molecule has 0 saturated heterocycles. The number of nitrogens with one attached hydrogen (secondary N) is 1. The molecule has 0 aliphatic carbocycles. The molecule has 2 aliphatic heterocycles. The zero-order valence-corrected chi connectivity index (χ0v) is 20.9. The molecule has 2 aliphatic rings. The molecule has 36 heavy (non-hydrogen) atoms. The number of rotatable bonds is 3. The number of benzene rings is 2. The van der Waals surface area contributed by atoms with E-state index in [0.29, 0.717) is 45.0 Å². The van der Waals surface area contributed by atoms with E-state index in [1.165, 1.54) is 16.9 Å². The molecule has 2 aromatic heterocycles. The van der Waals surface area contributed by atoms with E-state index in [-0.39, 0.29) is 17.4 Å². The summed E-state index contributed by atoms with van der Waals surface area (Å²) in [7, 11) is 0. The van der Waals surface area contributed by atoms with E-state index in [2.05, 4.69) is 11.4 Å². The number of hydrogen-bond donors (Lipinski definition) is 1. The van der Waals surface area contributed by atoms with Crippen molar-refractivity contribution in [3.05, 3.63) is 86.3 Å². The van der Waals surface area contributed by atoms with Gasteiger partial charge in [0.15, 0.2) is 0 Å². The number of aryl methyl sites for hydroxylation is 2. The Morgan fingerprint density at radius 3 is 2.61 bits per heavy atom. The highest BCUT2D eigenvalue weighted by atomic mass is 32.1. The lowest BCUT2D eigenvalue weighted by Gasteiger charge is -2.17. The number of carbonyl (C=O) groups excluding carboxylic acids is 2. The average Bonchev–Trinajstić information content (AvgIpc) is 3.37. The third kappa shape index (κ3) is 3.82. The minimum absolute atomic E-state index is 0.0453. The molecular weight excluding hydrogens is 472 g/mol. The van der Waals surface area contributed by atoms with Crippen molar-refractivity contribution in [3.8, 4) is 0 Å². The molecule has 0 atom stereocenters. The predicted molar refractivity (Wildman–Crippen MR) is 142 cm³/mol. The number of hydrogen-bond acceptors (Lipinski definition) is 5. The van der Waals surface area contributed by atoms with Crippen molar-refractivity contribution in [1.82, 2.24) is 9.55 Å². The van der Waals surface area contributed by atoms with Crippen LogP contribution in [0.4, 0.5) is 11.4 Å². The first-order valence-electron chi connectivity index (χ1n) is 12.4. The third-order valence-electron chi connectivity index (χ3n) is 7.14. The Bertz CT molecular complexity index is 1570. The SMILES string of the molecule is Cc1c(C(=O)Nc2ccc(C(=O)N3CCc4ccccc43)cc2)sc2nc3n(c(=O)c12)CCCCC3. The number of para-hydroxylation sites is 1. The lowest BCUT2D eigenvalue weighted by molar-refractivity contribution is 0.0988. The summed E-state index contributed by atoms with van der Waals surface area (Å²) >= 11 is 1.27. The summed E-state index contributed by atoms with van der Waals surface area (Å²) in [6.07, 6.45) is 4.74.